The van der Waals surface area contributed by atoms with Gasteiger partial charge in [0.25, 0.3) is 0 Å². The molecule has 120 valence electrons. The Bertz CT molecular complexity index is 397. The van der Waals surface area contributed by atoms with E-state index in [4.69, 9.17) is 4.74 Å². The van der Waals surface area contributed by atoms with Gasteiger partial charge < -0.3 is 20.3 Å². The van der Waals surface area contributed by atoms with Crippen molar-refractivity contribution in [2.45, 2.75) is 34.1 Å². The Morgan fingerprint density at radius 2 is 1.62 bits per heavy atom. The number of rotatable bonds is 11. The van der Waals surface area contributed by atoms with E-state index < -0.39 is 0 Å². The Labute approximate surface area is 127 Å². The van der Waals surface area contributed by atoms with E-state index in [9.17, 15) is 0 Å². The molecule has 0 saturated heterocycles. The van der Waals surface area contributed by atoms with Crippen LogP contribution >= 0.6 is 0 Å². The van der Waals surface area contributed by atoms with E-state index in [0.717, 1.165) is 39.1 Å². The molecule has 7 nitrogen and oxygen atoms in total. The summed E-state index contributed by atoms with van der Waals surface area (Å²) < 4.78 is 5.50. The van der Waals surface area contributed by atoms with E-state index in [0.29, 0.717) is 24.5 Å². The monoisotopic (exact) mass is 296 g/mol. The van der Waals surface area contributed by atoms with Gasteiger partial charge in [0.2, 0.25) is 11.9 Å². The Morgan fingerprint density at radius 1 is 0.952 bits per heavy atom. The van der Waals surface area contributed by atoms with E-state index in [2.05, 4.69) is 51.3 Å². The third-order valence-electron chi connectivity index (χ3n) is 2.99. The van der Waals surface area contributed by atoms with Crippen LogP contribution in [0.4, 0.5) is 11.9 Å². The van der Waals surface area contributed by atoms with E-state index >= 15 is 0 Å². The molecular formula is C14H28N6O. The van der Waals surface area contributed by atoms with Crippen molar-refractivity contribution in [1.29, 1.82) is 0 Å². The first-order valence-corrected chi connectivity index (χ1v) is 7.82. The molecule has 1 rings (SSSR count). The number of ether oxygens (including phenoxy) is 1. The molecule has 1 aromatic rings. The molecule has 2 N–H and O–H groups in total. The van der Waals surface area contributed by atoms with Gasteiger partial charge in [-0.15, -0.1) is 0 Å². The maximum atomic E-state index is 5.50. The summed E-state index contributed by atoms with van der Waals surface area (Å²) in [7, 11) is 0. The van der Waals surface area contributed by atoms with Crippen molar-refractivity contribution in [3.8, 4) is 6.01 Å². The van der Waals surface area contributed by atoms with Gasteiger partial charge in [-0.25, -0.2) is 0 Å². The fourth-order valence-corrected chi connectivity index (χ4v) is 1.80. The lowest BCUT2D eigenvalue weighted by molar-refractivity contribution is 0.292. The number of hydrogen-bond acceptors (Lipinski definition) is 7. The quantitative estimate of drug-likeness (QED) is 0.645. The average molecular weight is 296 g/mol. The van der Waals surface area contributed by atoms with Crippen molar-refractivity contribution in [1.82, 2.24) is 19.9 Å². The lowest BCUT2D eigenvalue weighted by Crippen LogP contribution is -2.29. The smallest absolute Gasteiger partial charge is 0.323 e. The van der Waals surface area contributed by atoms with Crippen LogP contribution in [0.5, 0.6) is 6.01 Å². The predicted octanol–water partition coefficient (Wildman–Crippen LogP) is 1.85. The van der Waals surface area contributed by atoms with Crippen LogP contribution in [0.3, 0.4) is 0 Å². The van der Waals surface area contributed by atoms with Gasteiger partial charge in [-0.2, -0.15) is 15.0 Å². The molecule has 0 atom stereocenters. The number of likely N-dealkylation sites (N-methyl/N-ethyl adjacent to an activating group) is 1. The first-order chi connectivity index (χ1) is 10.2. The molecule has 1 heterocycles. The van der Waals surface area contributed by atoms with Crippen molar-refractivity contribution in [3.63, 3.8) is 0 Å². The van der Waals surface area contributed by atoms with Crippen LogP contribution in [0, 0.1) is 0 Å². The molecule has 0 aromatic carbocycles. The minimum absolute atomic E-state index is 0.369. The normalized spacial score (nSPS) is 10.7. The zero-order valence-corrected chi connectivity index (χ0v) is 13.6. The van der Waals surface area contributed by atoms with Crippen molar-refractivity contribution in [3.05, 3.63) is 0 Å². The minimum Gasteiger partial charge on any atom is -0.463 e. The van der Waals surface area contributed by atoms with Gasteiger partial charge in [0, 0.05) is 19.6 Å². The first-order valence-electron chi connectivity index (χ1n) is 7.82. The van der Waals surface area contributed by atoms with Crippen LogP contribution in [0.15, 0.2) is 0 Å². The summed E-state index contributed by atoms with van der Waals surface area (Å²) in [5, 5.41) is 6.33. The van der Waals surface area contributed by atoms with Crippen LogP contribution in [0.25, 0.3) is 0 Å². The molecule has 0 radical (unpaired) electrons. The van der Waals surface area contributed by atoms with Gasteiger partial charge in [0.15, 0.2) is 0 Å². The van der Waals surface area contributed by atoms with Crippen LogP contribution in [-0.4, -0.2) is 59.2 Å². The molecule has 0 aliphatic heterocycles. The Kier molecular flexibility index (Phi) is 8.42. The van der Waals surface area contributed by atoms with Crippen LogP contribution in [-0.2, 0) is 0 Å². The largest absolute Gasteiger partial charge is 0.463 e. The summed E-state index contributed by atoms with van der Waals surface area (Å²) in [6.07, 6.45) is 0.924. The van der Waals surface area contributed by atoms with Gasteiger partial charge in [-0.1, -0.05) is 20.8 Å². The highest BCUT2D eigenvalue weighted by molar-refractivity contribution is 5.35. The van der Waals surface area contributed by atoms with Gasteiger partial charge in [-0.3, -0.25) is 0 Å². The molecule has 1 aromatic heterocycles. The fourth-order valence-electron chi connectivity index (χ4n) is 1.80. The molecule has 7 heteroatoms. The number of nitrogens with zero attached hydrogens (tertiary/aromatic N) is 4. The first kappa shape index (κ1) is 17.4. The number of nitrogens with one attached hydrogen (secondary N) is 2. The van der Waals surface area contributed by atoms with Crippen molar-refractivity contribution < 1.29 is 4.74 Å². The lowest BCUT2D eigenvalue weighted by Gasteiger charge is -2.18. The zero-order chi connectivity index (χ0) is 15.5. The predicted molar refractivity (Wildman–Crippen MR) is 86.1 cm³/mol. The van der Waals surface area contributed by atoms with Crippen LogP contribution < -0.4 is 15.4 Å². The highest BCUT2D eigenvalue weighted by atomic mass is 16.5. The Hall–Kier alpha value is -1.63. The highest BCUT2D eigenvalue weighted by Gasteiger charge is 2.07. The van der Waals surface area contributed by atoms with E-state index in [1.165, 1.54) is 0 Å². The topological polar surface area (TPSA) is 75.2 Å². The molecule has 0 amide bonds. The zero-order valence-electron chi connectivity index (χ0n) is 13.6. The average Bonchev–Trinajstić information content (AvgIpc) is 2.50. The summed E-state index contributed by atoms with van der Waals surface area (Å²) in [4.78, 5) is 15.2. The molecule has 0 unspecified atom stereocenters. The summed E-state index contributed by atoms with van der Waals surface area (Å²) in [5.74, 6) is 1.10. The SMILES string of the molecule is CCCOc1nc(NCC)nc(NCCN(CC)CC)n1. The van der Waals surface area contributed by atoms with E-state index in [1.807, 2.05) is 6.92 Å². The maximum absolute atomic E-state index is 5.50. The maximum Gasteiger partial charge on any atom is 0.323 e. The summed E-state index contributed by atoms with van der Waals surface area (Å²) >= 11 is 0. The molecule has 0 bridgehead atoms. The third-order valence-corrected chi connectivity index (χ3v) is 2.99. The second-order valence-corrected chi connectivity index (χ2v) is 4.60. The molecule has 0 aliphatic carbocycles. The number of hydrogen-bond donors (Lipinski definition) is 2. The summed E-state index contributed by atoms with van der Waals surface area (Å²) in [5.41, 5.74) is 0. The molecule has 0 spiro atoms. The standard InChI is InChI=1S/C14H28N6O/c1-5-11-21-14-18-12(15-6-2)17-13(19-14)16-9-10-20(7-3)8-4/h5-11H2,1-4H3,(H2,15,16,17,18,19). The molecule has 21 heavy (non-hydrogen) atoms. The second-order valence-electron chi connectivity index (χ2n) is 4.60. The van der Waals surface area contributed by atoms with Gasteiger partial charge in [0.1, 0.15) is 0 Å². The van der Waals surface area contributed by atoms with Gasteiger partial charge >= 0.3 is 6.01 Å². The van der Waals surface area contributed by atoms with Crippen LogP contribution in [0.1, 0.15) is 34.1 Å². The number of aromatic nitrogens is 3. The van der Waals surface area contributed by atoms with Crippen molar-refractivity contribution in [2.75, 3.05) is 50.0 Å². The molecule has 0 saturated carbocycles. The number of anilines is 2. The lowest BCUT2D eigenvalue weighted by atomic mass is 10.4. The molecule has 0 aliphatic rings. The fraction of sp³-hybridized carbons (Fsp3) is 0.786. The second kappa shape index (κ2) is 10.1. The summed E-state index contributed by atoms with van der Waals surface area (Å²) in [6, 6.07) is 0.369. The Morgan fingerprint density at radius 3 is 2.19 bits per heavy atom. The summed E-state index contributed by atoms with van der Waals surface area (Å²) in [6.45, 7) is 13.6. The third kappa shape index (κ3) is 6.57. The highest BCUT2D eigenvalue weighted by Crippen LogP contribution is 2.11. The minimum atomic E-state index is 0.369. The van der Waals surface area contributed by atoms with Gasteiger partial charge in [-0.05, 0) is 26.4 Å². The molecule has 0 fully saturated rings. The van der Waals surface area contributed by atoms with Gasteiger partial charge in [0.05, 0.1) is 6.61 Å². The van der Waals surface area contributed by atoms with Crippen LogP contribution in [0.2, 0.25) is 0 Å². The molecular weight excluding hydrogens is 268 g/mol. The van der Waals surface area contributed by atoms with E-state index in [1.54, 1.807) is 0 Å². The van der Waals surface area contributed by atoms with Crippen molar-refractivity contribution >= 4 is 11.9 Å². The Balaban J connectivity index is 2.63. The van der Waals surface area contributed by atoms with Crippen molar-refractivity contribution in [2.24, 2.45) is 0 Å². The van der Waals surface area contributed by atoms with E-state index in [-0.39, 0.29) is 0 Å².